The molecule has 3 nitrogen and oxygen atoms in total. The summed E-state index contributed by atoms with van der Waals surface area (Å²) in [6.07, 6.45) is 1.80. The maximum Gasteiger partial charge on any atom is 0.254 e. The van der Waals surface area contributed by atoms with Gasteiger partial charge in [-0.05, 0) is 60.3 Å². The number of benzene rings is 1. The number of nitrogens with zero attached hydrogens (tertiary/aromatic N) is 1. The lowest BCUT2D eigenvalue weighted by Gasteiger charge is -2.14. The van der Waals surface area contributed by atoms with Crippen LogP contribution in [0.4, 0.5) is 4.39 Å². The van der Waals surface area contributed by atoms with Crippen molar-refractivity contribution < 1.29 is 9.18 Å². The summed E-state index contributed by atoms with van der Waals surface area (Å²) in [6.45, 7) is 0. The molecule has 0 aliphatic heterocycles. The predicted molar refractivity (Wildman–Crippen MR) is 78.9 cm³/mol. The van der Waals surface area contributed by atoms with Gasteiger partial charge in [0.1, 0.15) is 5.82 Å². The lowest BCUT2D eigenvalue weighted by atomic mass is 10.1. The van der Waals surface area contributed by atoms with Gasteiger partial charge in [-0.25, -0.2) is 4.39 Å². The van der Waals surface area contributed by atoms with Crippen LogP contribution in [0.1, 0.15) is 24.4 Å². The van der Waals surface area contributed by atoms with Crippen LogP contribution in [0.5, 0.6) is 0 Å². The molecule has 0 unspecified atom stereocenters. The van der Waals surface area contributed by atoms with E-state index in [4.69, 9.17) is 11.6 Å². The second kappa shape index (κ2) is 5.45. The zero-order valence-electron chi connectivity index (χ0n) is 11.2. The second-order valence-corrected chi connectivity index (χ2v) is 5.61. The SMILES string of the molecule is O=C(Cl)Cc1ccc(-c2ccc(F)cc2)n(C2CC2)c1=O. The van der Waals surface area contributed by atoms with Crippen molar-refractivity contribution in [3.05, 3.63) is 58.1 Å². The molecular weight excluding hydrogens is 293 g/mol. The van der Waals surface area contributed by atoms with Gasteiger partial charge in [0.15, 0.2) is 0 Å². The van der Waals surface area contributed by atoms with Gasteiger partial charge < -0.3 is 4.57 Å². The van der Waals surface area contributed by atoms with E-state index in [-0.39, 0.29) is 23.8 Å². The Morgan fingerprint density at radius 1 is 1.19 bits per heavy atom. The minimum absolute atomic E-state index is 0.0726. The number of hydrogen-bond donors (Lipinski definition) is 0. The molecule has 1 saturated carbocycles. The fourth-order valence-corrected chi connectivity index (χ4v) is 2.57. The summed E-state index contributed by atoms with van der Waals surface area (Å²) in [7, 11) is 0. The van der Waals surface area contributed by atoms with Crippen molar-refractivity contribution >= 4 is 16.8 Å². The van der Waals surface area contributed by atoms with E-state index < -0.39 is 5.24 Å². The minimum atomic E-state index is -0.552. The maximum atomic E-state index is 13.0. The standard InChI is InChI=1S/C16H13ClFNO2/c17-15(20)9-11-3-8-14(10-1-4-12(18)5-2-10)19(16(11)21)13-6-7-13/h1-5,8,13H,6-7,9H2. The summed E-state index contributed by atoms with van der Waals surface area (Å²) < 4.78 is 14.7. The van der Waals surface area contributed by atoms with Gasteiger partial charge in [0.2, 0.25) is 5.24 Å². The summed E-state index contributed by atoms with van der Waals surface area (Å²) in [5.41, 5.74) is 1.73. The zero-order chi connectivity index (χ0) is 15.0. The largest absolute Gasteiger partial charge is 0.305 e. The molecule has 108 valence electrons. The van der Waals surface area contributed by atoms with Gasteiger partial charge in [-0.1, -0.05) is 6.07 Å². The van der Waals surface area contributed by atoms with Crippen molar-refractivity contribution in [2.24, 2.45) is 0 Å². The topological polar surface area (TPSA) is 39.1 Å². The van der Waals surface area contributed by atoms with Crippen LogP contribution in [0, 0.1) is 5.82 Å². The smallest absolute Gasteiger partial charge is 0.254 e. The van der Waals surface area contributed by atoms with E-state index in [0.29, 0.717) is 5.56 Å². The Bertz CT molecular complexity index is 748. The second-order valence-electron chi connectivity index (χ2n) is 5.19. The molecule has 0 atom stereocenters. The molecule has 2 aromatic rings. The van der Waals surface area contributed by atoms with Crippen molar-refractivity contribution in [1.29, 1.82) is 0 Å². The van der Waals surface area contributed by atoms with Crippen LogP contribution in [-0.4, -0.2) is 9.81 Å². The van der Waals surface area contributed by atoms with Crippen LogP contribution in [0.25, 0.3) is 11.3 Å². The average Bonchev–Trinajstić information content (AvgIpc) is 3.26. The van der Waals surface area contributed by atoms with Crippen LogP contribution in [0.2, 0.25) is 0 Å². The fraction of sp³-hybridized carbons (Fsp3) is 0.250. The van der Waals surface area contributed by atoms with Crippen molar-refractivity contribution in [2.75, 3.05) is 0 Å². The Balaban J connectivity index is 2.12. The highest BCUT2D eigenvalue weighted by atomic mass is 35.5. The Labute approximate surface area is 126 Å². The molecule has 0 saturated heterocycles. The minimum Gasteiger partial charge on any atom is -0.305 e. The van der Waals surface area contributed by atoms with Crippen molar-refractivity contribution in [3.63, 3.8) is 0 Å². The molecule has 1 aliphatic carbocycles. The quantitative estimate of drug-likeness (QED) is 0.813. The lowest BCUT2D eigenvalue weighted by Crippen LogP contribution is -2.25. The Morgan fingerprint density at radius 2 is 1.86 bits per heavy atom. The first-order valence-electron chi connectivity index (χ1n) is 6.75. The van der Waals surface area contributed by atoms with E-state index in [2.05, 4.69) is 0 Å². The third-order valence-corrected chi connectivity index (χ3v) is 3.71. The maximum absolute atomic E-state index is 13.0. The first-order chi connectivity index (χ1) is 10.1. The van der Waals surface area contributed by atoms with E-state index in [9.17, 15) is 14.0 Å². The summed E-state index contributed by atoms with van der Waals surface area (Å²) in [6, 6.07) is 9.61. The van der Waals surface area contributed by atoms with Crippen LogP contribution in [0.15, 0.2) is 41.2 Å². The number of aromatic nitrogens is 1. The lowest BCUT2D eigenvalue weighted by molar-refractivity contribution is -0.111. The van der Waals surface area contributed by atoms with Gasteiger partial charge in [-0.2, -0.15) is 0 Å². The Hall–Kier alpha value is -1.94. The summed E-state index contributed by atoms with van der Waals surface area (Å²) in [5.74, 6) is -0.316. The summed E-state index contributed by atoms with van der Waals surface area (Å²) in [4.78, 5) is 23.6. The van der Waals surface area contributed by atoms with Crippen LogP contribution in [0.3, 0.4) is 0 Å². The molecule has 1 aliphatic rings. The predicted octanol–water partition coefficient (Wildman–Crippen LogP) is 3.30. The normalized spacial score (nSPS) is 14.2. The molecule has 21 heavy (non-hydrogen) atoms. The molecule has 3 rings (SSSR count). The van der Waals surface area contributed by atoms with Crippen LogP contribution < -0.4 is 5.56 Å². The molecule has 0 bridgehead atoms. The van der Waals surface area contributed by atoms with E-state index in [1.807, 2.05) is 0 Å². The molecule has 1 fully saturated rings. The number of halogens is 2. The van der Waals surface area contributed by atoms with Gasteiger partial charge >= 0.3 is 0 Å². The van der Waals surface area contributed by atoms with Gasteiger partial charge in [-0.3, -0.25) is 9.59 Å². The molecule has 5 heteroatoms. The Kier molecular flexibility index (Phi) is 3.64. The molecule has 0 amide bonds. The number of pyridine rings is 1. The highest BCUT2D eigenvalue weighted by molar-refractivity contribution is 6.63. The number of hydrogen-bond acceptors (Lipinski definition) is 2. The summed E-state index contributed by atoms with van der Waals surface area (Å²) in [5, 5.41) is -0.552. The molecule has 0 radical (unpaired) electrons. The van der Waals surface area contributed by atoms with Gasteiger partial charge in [-0.15, -0.1) is 0 Å². The van der Waals surface area contributed by atoms with E-state index in [0.717, 1.165) is 24.1 Å². The van der Waals surface area contributed by atoms with Crippen LogP contribution >= 0.6 is 11.6 Å². The monoisotopic (exact) mass is 305 g/mol. The first-order valence-corrected chi connectivity index (χ1v) is 7.13. The van der Waals surface area contributed by atoms with Crippen molar-refractivity contribution in [3.8, 4) is 11.3 Å². The highest BCUT2D eigenvalue weighted by Gasteiger charge is 2.28. The van der Waals surface area contributed by atoms with E-state index >= 15 is 0 Å². The van der Waals surface area contributed by atoms with Gasteiger partial charge in [0.05, 0.1) is 12.1 Å². The first kappa shape index (κ1) is 14.0. The number of carbonyl (C=O) groups excluding carboxylic acids is 1. The molecule has 1 heterocycles. The summed E-state index contributed by atoms with van der Waals surface area (Å²) >= 11 is 5.38. The third-order valence-electron chi connectivity index (χ3n) is 3.58. The molecule has 0 spiro atoms. The highest BCUT2D eigenvalue weighted by Crippen LogP contribution is 2.37. The average molecular weight is 306 g/mol. The number of carbonyl (C=O) groups is 1. The van der Waals surface area contributed by atoms with Crippen molar-refractivity contribution in [2.45, 2.75) is 25.3 Å². The van der Waals surface area contributed by atoms with Gasteiger partial charge in [0, 0.05) is 11.6 Å². The van der Waals surface area contributed by atoms with Crippen molar-refractivity contribution in [1.82, 2.24) is 4.57 Å². The van der Waals surface area contributed by atoms with Gasteiger partial charge in [0.25, 0.3) is 5.56 Å². The third kappa shape index (κ3) is 2.90. The fourth-order valence-electron chi connectivity index (χ4n) is 2.43. The molecule has 1 aromatic carbocycles. The number of rotatable bonds is 4. The van der Waals surface area contributed by atoms with E-state index in [1.165, 1.54) is 12.1 Å². The van der Waals surface area contributed by atoms with Crippen LogP contribution in [-0.2, 0) is 11.2 Å². The zero-order valence-corrected chi connectivity index (χ0v) is 11.9. The van der Waals surface area contributed by atoms with E-state index in [1.54, 1.807) is 28.8 Å². The molecular formula is C16H13ClFNO2. The molecule has 1 aromatic heterocycles. The Morgan fingerprint density at radius 3 is 2.43 bits per heavy atom. The molecule has 0 N–H and O–H groups in total.